The van der Waals surface area contributed by atoms with Crippen molar-refractivity contribution in [3.63, 3.8) is 0 Å². The van der Waals surface area contributed by atoms with Crippen LogP contribution in [0.3, 0.4) is 0 Å². The summed E-state index contributed by atoms with van der Waals surface area (Å²) < 4.78 is 5.39. The van der Waals surface area contributed by atoms with Crippen molar-refractivity contribution < 1.29 is 4.74 Å². The lowest BCUT2D eigenvalue weighted by Crippen LogP contribution is -2.13. The molecular weight excluding hydrogens is 268 g/mol. The van der Waals surface area contributed by atoms with Crippen molar-refractivity contribution in [3.05, 3.63) is 27.2 Å². The number of rotatable bonds is 5. The van der Waals surface area contributed by atoms with Crippen LogP contribution in [0.1, 0.15) is 13.8 Å². The van der Waals surface area contributed by atoms with Crippen LogP contribution in [-0.2, 0) is 4.74 Å². The lowest BCUT2D eigenvalue weighted by Gasteiger charge is -2.11. The van der Waals surface area contributed by atoms with E-state index in [4.69, 9.17) is 39.5 Å². The van der Waals surface area contributed by atoms with Gasteiger partial charge in [-0.1, -0.05) is 34.8 Å². The standard InChI is InChI=1S/C11H14Cl3NO/c1-7(2)16-4-3-15-11-6-9(13)8(12)5-10(11)14/h5-7,15H,3-4H2,1-2H3. The topological polar surface area (TPSA) is 21.3 Å². The van der Waals surface area contributed by atoms with Gasteiger partial charge in [-0.05, 0) is 26.0 Å². The normalized spacial score (nSPS) is 10.9. The minimum atomic E-state index is 0.228. The van der Waals surface area contributed by atoms with E-state index in [2.05, 4.69) is 5.32 Å². The zero-order valence-electron chi connectivity index (χ0n) is 9.19. The fourth-order valence-corrected chi connectivity index (χ4v) is 1.75. The molecule has 0 amide bonds. The van der Waals surface area contributed by atoms with Gasteiger partial charge in [-0.15, -0.1) is 0 Å². The highest BCUT2D eigenvalue weighted by Crippen LogP contribution is 2.31. The van der Waals surface area contributed by atoms with Gasteiger partial charge in [-0.25, -0.2) is 0 Å². The molecule has 0 aromatic heterocycles. The quantitative estimate of drug-likeness (QED) is 0.635. The second kappa shape index (κ2) is 6.55. The van der Waals surface area contributed by atoms with Crippen molar-refractivity contribution in [1.82, 2.24) is 0 Å². The minimum absolute atomic E-state index is 0.228. The second-order valence-corrected chi connectivity index (χ2v) is 4.81. The highest BCUT2D eigenvalue weighted by molar-refractivity contribution is 6.44. The van der Waals surface area contributed by atoms with Crippen molar-refractivity contribution in [3.8, 4) is 0 Å². The Balaban J connectivity index is 2.51. The Labute approximate surface area is 111 Å². The van der Waals surface area contributed by atoms with Crippen molar-refractivity contribution >= 4 is 40.5 Å². The minimum Gasteiger partial charge on any atom is -0.381 e. The monoisotopic (exact) mass is 281 g/mol. The van der Waals surface area contributed by atoms with Crippen LogP contribution in [0.15, 0.2) is 12.1 Å². The van der Waals surface area contributed by atoms with Crippen LogP contribution in [0.4, 0.5) is 5.69 Å². The Morgan fingerprint density at radius 3 is 2.38 bits per heavy atom. The molecule has 1 aromatic rings. The van der Waals surface area contributed by atoms with Gasteiger partial charge < -0.3 is 10.1 Å². The molecular formula is C11H14Cl3NO. The Morgan fingerprint density at radius 1 is 1.12 bits per heavy atom. The molecule has 0 saturated heterocycles. The number of ether oxygens (including phenoxy) is 1. The van der Waals surface area contributed by atoms with E-state index >= 15 is 0 Å². The van der Waals surface area contributed by atoms with E-state index in [1.54, 1.807) is 12.1 Å². The molecule has 0 aliphatic carbocycles. The van der Waals surface area contributed by atoms with Gasteiger partial charge in [0.05, 0.1) is 33.5 Å². The Kier molecular flexibility index (Phi) is 5.70. The largest absolute Gasteiger partial charge is 0.381 e. The summed E-state index contributed by atoms with van der Waals surface area (Å²) >= 11 is 17.7. The van der Waals surface area contributed by atoms with Gasteiger partial charge in [0.15, 0.2) is 0 Å². The number of anilines is 1. The SMILES string of the molecule is CC(C)OCCNc1cc(Cl)c(Cl)cc1Cl. The molecule has 0 aliphatic heterocycles. The molecule has 0 saturated carbocycles. The summed E-state index contributed by atoms with van der Waals surface area (Å²) in [5.41, 5.74) is 0.767. The van der Waals surface area contributed by atoms with Gasteiger partial charge in [0.1, 0.15) is 0 Å². The second-order valence-electron chi connectivity index (χ2n) is 3.59. The number of halogens is 3. The van der Waals surface area contributed by atoms with E-state index in [0.29, 0.717) is 28.2 Å². The molecule has 16 heavy (non-hydrogen) atoms. The number of benzene rings is 1. The van der Waals surface area contributed by atoms with Crippen LogP contribution < -0.4 is 5.32 Å². The Bertz CT molecular complexity index is 355. The van der Waals surface area contributed by atoms with E-state index < -0.39 is 0 Å². The lowest BCUT2D eigenvalue weighted by molar-refractivity contribution is 0.0870. The van der Waals surface area contributed by atoms with E-state index in [-0.39, 0.29) is 6.10 Å². The predicted octanol–water partition coefficient (Wildman–Crippen LogP) is 4.48. The molecule has 0 unspecified atom stereocenters. The molecule has 90 valence electrons. The highest BCUT2D eigenvalue weighted by Gasteiger charge is 2.05. The van der Waals surface area contributed by atoms with Gasteiger partial charge in [-0.3, -0.25) is 0 Å². The van der Waals surface area contributed by atoms with E-state index in [0.717, 1.165) is 5.69 Å². The van der Waals surface area contributed by atoms with E-state index in [1.165, 1.54) is 0 Å². The number of nitrogens with one attached hydrogen (secondary N) is 1. The summed E-state index contributed by atoms with van der Waals surface area (Å²) in [6.07, 6.45) is 0.228. The summed E-state index contributed by atoms with van der Waals surface area (Å²) in [5, 5.41) is 4.63. The summed E-state index contributed by atoms with van der Waals surface area (Å²) in [7, 11) is 0. The predicted molar refractivity (Wildman–Crippen MR) is 71.0 cm³/mol. The maximum Gasteiger partial charge on any atom is 0.0653 e. The third-order valence-electron chi connectivity index (χ3n) is 1.88. The molecule has 0 radical (unpaired) electrons. The molecule has 0 bridgehead atoms. The summed E-state index contributed by atoms with van der Waals surface area (Å²) in [5.74, 6) is 0. The van der Waals surface area contributed by atoms with Crippen molar-refractivity contribution in [2.45, 2.75) is 20.0 Å². The average molecular weight is 283 g/mol. The molecule has 1 aromatic carbocycles. The summed E-state index contributed by atoms with van der Waals surface area (Å²) in [6, 6.07) is 3.33. The van der Waals surface area contributed by atoms with Gasteiger partial charge in [0, 0.05) is 6.54 Å². The zero-order valence-corrected chi connectivity index (χ0v) is 11.5. The Morgan fingerprint density at radius 2 is 1.75 bits per heavy atom. The molecule has 0 fully saturated rings. The molecule has 0 aliphatic rings. The molecule has 0 heterocycles. The smallest absolute Gasteiger partial charge is 0.0653 e. The van der Waals surface area contributed by atoms with Gasteiger partial charge in [0.2, 0.25) is 0 Å². The number of hydrogen-bond acceptors (Lipinski definition) is 2. The van der Waals surface area contributed by atoms with Crippen LogP contribution >= 0.6 is 34.8 Å². The zero-order chi connectivity index (χ0) is 12.1. The van der Waals surface area contributed by atoms with E-state index in [9.17, 15) is 0 Å². The van der Waals surface area contributed by atoms with E-state index in [1.807, 2.05) is 13.8 Å². The fourth-order valence-electron chi connectivity index (χ4n) is 1.14. The average Bonchev–Trinajstić information content (AvgIpc) is 2.19. The van der Waals surface area contributed by atoms with Gasteiger partial charge >= 0.3 is 0 Å². The summed E-state index contributed by atoms with van der Waals surface area (Å²) in [4.78, 5) is 0. The molecule has 1 rings (SSSR count). The number of hydrogen-bond donors (Lipinski definition) is 1. The lowest BCUT2D eigenvalue weighted by atomic mass is 10.3. The van der Waals surface area contributed by atoms with Crippen LogP contribution in [0, 0.1) is 0 Å². The van der Waals surface area contributed by atoms with Gasteiger partial charge in [0.25, 0.3) is 0 Å². The summed E-state index contributed by atoms with van der Waals surface area (Å²) in [6.45, 7) is 5.28. The fraction of sp³-hybridized carbons (Fsp3) is 0.455. The van der Waals surface area contributed by atoms with Crippen LogP contribution in [-0.4, -0.2) is 19.3 Å². The first-order chi connectivity index (χ1) is 7.50. The third-order valence-corrected chi connectivity index (χ3v) is 2.91. The van der Waals surface area contributed by atoms with Crippen LogP contribution in [0.5, 0.6) is 0 Å². The first-order valence-corrected chi connectivity index (χ1v) is 6.14. The van der Waals surface area contributed by atoms with Crippen molar-refractivity contribution in [1.29, 1.82) is 0 Å². The molecule has 1 N–H and O–H groups in total. The molecule has 0 spiro atoms. The van der Waals surface area contributed by atoms with Gasteiger partial charge in [-0.2, -0.15) is 0 Å². The van der Waals surface area contributed by atoms with Crippen molar-refractivity contribution in [2.24, 2.45) is 0 Å². The van der Waals surface area contributed by atoms with Crippen LogP contribution in [0.2, 0.25) is 15.1 Å². The molecule has 0 atom stereocenters. The molecule has 2 nitrogen and oxygen atoms in total. The molecule has 5 heteroatoms. The maximum absolute atomic E-state index is 6.00. The first-order valence-electron chi connectivity index (χ1n) is 5.00. The van der Waals surface area contributed by atoms with Crippen molar-refractivity contribution in [2.75, 3.05) is 18.5 Å². The Hall–Kier alpha value is -0.150. The first kappa shape index (κ1) is 13.9. The maximum atomic E-state index is 6.00. The van der Waals surface area contributed by atoms with Crippen LogP contribution in [0.25, 0.3) is 0 Å². The highest BCUT2D eigenvalue weighted by atomic mass is 35.5. The third kappa shape index (κ3) is 4.38.